The van der Waals surface area contributed by atoms with Crippen LogP contribution < -0.4 is 10.6 Å². The van der Waals surface area contributed by atoms with Gasteiger partial charge < -0.3 is 15.4 Å². The maximum absolute atomic E-state index is 12.1. The summed E-state index contributed by atoms with van der Waals surface area (Å²) in [6.07, 6.45) is 2.78. The van der Waals surface area contributed by atoms with Crippen LogP contribution >= 0.6 is 24.8 Å². The van der Waals surface area contributed by atoms with Crippen LogP contribution in [0.1, 0.15) is 11.1 Å². The molecule has 0 radical (unpaired) electrons. The van der Waals surface area contributed by atoms with Crippen LogP contribution in [0.4, 0.5) is 0 Å². The number of aromatic nitrogens is 3. The van der Waals surface area contributed by atoms with E-state index in [1.807, 2.05) is 24.3 Å². The van der Waals surface area contributed by atoms with Gasteiger partial charge in [0.2, 0.25) is 0 Å². The summed E-state index contributed by atoms with van der Waals surface area (Å²) in [6.45, 7) is 3.04. The molecule has 1 aromatic heterocycles. The van der Waals surface area contributed by atoms with Crippen molar-refractivity contribution in [2.45, 2.75) is 19.2 Å². The van der Waals surface area contributed by atoms with Crippen LogP contribution in [-0.2, 0) is 22.6 Å². The summed E-state index contributed by atoms with van der Waals surface area (Å²) in [4.78, 5) is 16.0. The van der Waals surface area contributed by atoms with Gasteiger partial charge in [-0.3, -0.25) is 4.79 Å². The first kappa shape index (κ1) is 20.4. The van der Waals surface area contributed by atoms with Crippen molar-refractivity contribution < 1.29 is 9.53 Å². The molecule has 0 unspecified atom stereocenters. The molecule has 0 spiro atoms. The number of rotatable bonds is 5. The fourth-order valence-electron chi connectivity index (χ4n) is 2.40. The Hall–Kier alpha value is -1.67. The summed E-state index contributed by atoms with van der Waals surface area (Å²) >= 11 is 0. The van der Waals surface area contributed by atoms with E-state index in [2.05, 4.69) is 20.7 Å². The van der Waals surface area contributed by atoms with Crippen LogP contribution in [-0.4, -0.2) is 46.5 Å². The van der Waals surface area contributed by atoms with Gasteiger partial charge in [0.1, 0.15) is 18.8 Å². The number of nitrogens with zero attached hydrogens (tertiary/aromatic N) is 3. The van der Waals surface area contributed by atoms with Crippen LogP contribution in [0.3, 0.4) is 0 Å². The molecule has 3 rings (SSSR count). The minimum Gasteiger partial charge on any atom is -0.366 e. The summed E-state index contributed by atoms with van der Waals surface area (Å²) in [6, 6.07) is 7.98. The van der Waals surface area contributed by atoms with E-state index < -0.39 is 6.10 Å². The molecule has 1 saturated heterocycles. The summed E-state index contributed by atoms with van der Waals surface area (Å²) in [5.41, 5.74) is 2.17. The van der Waals surface area contributed by atoms with Crippen molar-refractivity contribution >= 4 is 30.7 Å². The Morgan fingerprint density at radius 1 is 1.33 bits per heavy atom. The Labute approximate surface area is 153 Å². The SMILES string of the molecule is Cl.Cl.O=C(NCc1ccccc1Cn1cncn1)[C@H]1CNCCO1. The maximum Gasteiger partial charge on any atom is 0.250 e. The Morgan fingerprint density at radius 2 is 2.12 bits per heavy atom. The topological polar surface area (TPSA) is 81.1 Å². The Bertz CT molecular complexity index is 618. The van der Waals surface area contributed by atoms with Crippen LogP contribution in [0.25, 0.3) is 0 Å². The molecule has 1 aromatic carbocycles. The lowest BCUT2D eigenvalue weighted by atomic mass is 10.1. The Morgan fingerprint density at radius 3 is 2.79 bits per heavy atom. The number of carbonyl (C=O) groups excluding carboxylic acids is 1. The summed E-state index contributed by atoms with van der Waals surface area (Å²) < 4.78 is 7.21. The first-order chi connectivity index (χ1) is 10.8. The van der Waals surface area contributed by atoms with E-state index in [-0.39, 0.29) is 30.7 Å². The third-order valence-electron chi connectivity index (χ3n) is 3.59. The average Bonchev–Trinajstić information content (AvgIpc) is 3.07. The van der Waals surface area contributed by atoms with E-state index >= 15 is 0 Å². The molecular weight excluding hydrogens is 353 g/mol. The van der Waals surface area contributed by atoms with Crippen LogP contribution in [0.2, 0.25) is 0 Å². The van der Waals surface area contributed by atoms with Gasteiger partial charge in [0.05, 0.1) is 13.2 Å². The highest BCUT2D eigenvalue weighted by Gasteiger charge is 2.21. The molecule has 1 atom stereocenters. The normalized spacial score (nSPS) is 16.6. The predicted molar refractivity (Wildman–Crippen MR) is 94.5 cm³/mol. The van der Waals surface area contributed by atoms with Crippen LogP contribution in [0.15, 0.2) is 36.9 Å². The van der Waals surface area contributed by atoms with Crippen molar-refractivity contribution in [1.82, 2.24) is 25.4 Å². The predicted octanol–water partition coefficient (Wildman–Crippen LogP) is 0.775. The number of benzene rings is 1. The minimum absolute atomic E-state index is 0. The largest absolute Gasteiger partial charge is 0.366 e. The van der Waals surface area contributed by atoms with E-state index in [0.717, 1.165) is 17.7 Å². The number of carbonyl (C=O) groups is 1. The smallest absolute Gasteiger partial charge is 0.250 e. The van der Waals surface area contributed by atoms with Crippen molar-refractivity contribution in [2.75, 3.05) is 19.7 Å². The standard InChI is InChI=1S/C15H19N5O2.2ClH/c21-15(14-8-16-5-6-22-14)18-7-12-3-1-2-4-13(12)9-20-11-17-10-19-20;;/h1-4,10-11,14,16H,5-9H2,(H,18,21);2*1H/t14-;;/m1../s1. The zero-order chi connectivity index (χ0) is 15.2. The van der Waals surface area contributed by atoms with E-state index in [0.29, 0.717) is 26.2 Å². The molecule has 2 N–H and O–H groups in total. The molecule has 1 aliphatic rings. The third-order valence-corrected chi connectivity index (χ3v) is 3.59. The number of amides is 1. The van der Waals surface area contributed by atoms with E-state index in [1.54, 1.807) is 11.0 Å². The second-order valence-corrected chi connectivity index (χ2v) is 5.14. The summed E-state index contributed by atoms with van der Waals surface area (Å²) in [5, 5.41) is 10.2. The monoisotopic (exact) mass is 373 g/mol. The van der Waals surface area contributed by atoms with E-state index in [9.17, 15) is 4.79 Å². The zero-order valence-corrected chi connectivity index (χ0v) is 14.7. The molecule has 2 heterocycles. The molecule has 0 bridgehead atoms. The third kappa shape index (κ3) is 5.45. The van der Waals surface area contributed by atoms with Crippen molar-refractivity contribution in [3.05, 3.63) is 48.0 Å². The number of morpholine rings is 1. The number of hydrogen-bond donors (Lipinski definition) is 2. The van der Waals surface area contributed by atoms with Gasteiger partial charge in [-0.05, 0) is 11.1 Å². The van der Waals surface area contributed by atoms with Crippen LogP contribution in [0, 0.1) is 0 Å². The number of nitrogens with one attached hydrogen (secondary N) is 2. The maximum atomic E-state index is 12.1. The van der Waals surface area contributed by atoms with Gasteiger partial charge in [0, 0.05) is 19.6 Å². The van der Waals surface area contributed by atoms with Crippen molar-refractivity contribution in [1.29, 1.82) is 0 Å². The first-order valence-corrected chi connectivity index (χ1v) is 7.32. The Balaban J connectivity index is 0.00000144. The van der Waals surface area contributed by atoms with Gasteiger partial charge in [0.25, 0.3) is 5.91 Å². The molecule has 1 amide bonds. The molecule has 9 heteroatoms. The number of hydrogen-bond acceptors (Lipinski definition) is 5. The second-order valence-electron chi connectivity index (χ2n) is 5.14. The molecule has 132 valence electrons. The average molecular weight is 374 g/mol. The quantitative estimate of drug-likeness (QED) is 0.808. The van der Waals surface area contributed by atoms with Crippen molar-refractivity contribution in [3.63, 3.8) is 0 Å². The van der Waals surface area contributed by atoms with Gasteiger partial charge in [-0.15, -0.1) is 24.8 Å². The highest BCUT2D eigenvalue weighted by Crippen LogP contribution is 2.10. The Kier molecular flexibility index (Phi) is 8.70. The zero-order valence-electron chi connectivity index (χ0n) is 13.1. The molecule has 2 aromatic rings. The fraction of sp³-hybridized carbons (Fsp3) is 0.400. The molecule has 1 fully saturated rings. The molecule has 24 heavy (non-hydrogen) atoms. The molecular formula is C15H21Cl2N5O2. The lowest BCUT2D eigenvalue weighted by Crippen LogP contribution is -2.47. The van der Waals surface area contributed by atoms with Gasteiger partial charge in [0.15, 0.2) is 0 Å². The summed E-state index contributed by atoms with van der Waals surface area (Å²) in [7, 11) is 0. The summed E-state index contributed by atoms with van der Waals surface area (Å²) in [5.74, 6) is -0.0808. The minimum atomic E-state index is -0.406. The van der Waals surface area contributed by atoms with E-state index in [1.165, 1.54) is 6.33 Å². The first-order valence-electron chi connectivity index (χ1n) is 7.32. The molecule has 0 aliphatic carbocycles. The van der Waals surface area contributed by atoms with Gasteiger partial charge in [-0.25, -0.2) is 9.67 Å². The lowest BCUT2D eigenvalue weighted by molar-refractivity contribution is -0.134. The van der Waals surface area contributed by atoms with Crippen molar-refractivity contribution in [2.24, 2.45) is 0 Å². The van der Waals surface area contributed by atoms with Crippen molar-refractivity contribution in [3.8, 4) is 0 Å². The lowest BCUT2D eigenvalue weighted by Gasteiger charge is -2.23. The van der Waals surface area contributed by atoms with Gasteiger partial charge >= 0.3 is 0 Å². The van der Waals surface area contributed by atoms with E-state index in [4.69, 9.17) is 4.74 Å². The fourth-order valence-corrected chi connectivity index (χ4v) is 2.40. The second kappa shape index (κ2) is 10.2. The highest BCUT2D eigenvalue weighted by atomic mass is 35.5. The van der Waals surface area contributed by atoms with Crippen LogP contribution in [0.5, 0.6) is 0 Å². The number of halogens is 2. The van der Waals surface area contributed by atoms with Gasteiger partial charge in [-0.1, -0.05) is 24.3 Å². The molecule has 1 aliphatic heterocycles. The number of ether oxygens (including phenoxy) is 1. The highest BCUT2D eigenvalue weighted by molar-refractivity contribution is 5.85. The molecule has 7 nitrogen and oxygen atoms in total. The van der Waals surface area contributed by atoms with Gasteiger partial charge in [-0.2, -0.15) is 5.10 Å². The molecule has 0 saturated carbocycles.